The Balaban J connectivity index is 2.33. The number of nitrogens with two attached hydrogens (primary N) is 1. The fourth-order valence-corrected chi connectivity index (χ4v) is 2.86. The van der Waals surface area contributed by atoms with E-state index in [1.807, 2.05) is 25.1 Å². The number of hydrogen-bond donors (Lipinski definition) is 1. The first-order valence-electron chi connectivity index (χ1n) is 7.35. The van der Waals surface area contributed by atoms with E-state index in [1.54, 1.807) is 14.2 Å². The molecule has 1 aliphatic rings. The molecule has 0 radical (unpaired) electrons. The molecule has 21 heavy (non-hydrogen) atoms. The van der Waals surface area contributed by atoms with Gasteiger partial charge in [0.1, 0.15) is 11.5 Å². The smallest absolute Gasteiger partial charge is 0.122 e. The Hall–Kier alpha value is -1.30. The van der Waals surface area contributed by atoms with E-state index in [0.717, 1.165) is 29.9 Å². The van der Waals surface area contributed by atoms with Crippen molar-refractivity contribution < 1.29 is 18.9 Å². The Morgan fingerprint density at radius 1 is 1.14 bits per heavy atom. The lowest BCUT2D eigenvalue weighted by Gasteiger charge is -2.41. The molecule has 1 aromatic carbocycles. The van der Waals surface area contributed by atoms with Gasteiger partial charge in [-0.25, -0.2) is 0 Å². The van der Waals surface area contributed by atoms with Gasteiger partial charge in [0.25, 0.3) is 0 Å². The zero-order valence-corrected chi connectivity index (χ0v) is 13.1. The van der Waals surface area contributed by atoms with Crippen LogP contribution in [0.2, 0.25) is 0 Å². The SMILES string of the molecule is CCOC1(C(N)c2cc(OC)cc(OC)c2)CCOCC1. The molecule has 1 unspecified atom stereocenters. The van der Waals surface area contributed by atoms with Crippen molar-refractivity contribution in [2.24, 2.45) is 5.73 Å². The molecule has 1 heterocycles. The zero-order chi connectivity index (χ0) is 15.3. The maximum atomic E-state index is 6.55. The predicted octanol–water partition coefficient (Wildman–Crippen LogP) is 2.29. The molecule has 5 heteroatoms. The second kappa shape index (κ2) is 7.11. The van der Waals surface area contributed by atoms with Crippen molar-refractivity contribution in [3.63, 3.8) is 0 Å². The Morgan fingerprint density at radius 2 is 1.71 bits per heavy atom. The summed E-state index contributed by atoms with van der Waals surface area (Å²) in [6.07, 6.45) is 1.59. The highest BCUT2D eigenvalue weighted by molar-refractivity contribution is 5.40. The third-order valence-corrected chi connectivity index (χ3v) is 4.07. The number of hydrogen-bond acceptors (Lipinski definition) is 5. The van der Waals surface area contributed by atoms with Crippen LogP contribution in [0.4, 0.5) is 0 Å². The second-order valence-corrected chi connectivity index (χ2v) is 5.23. The molecule has 2 rings (SSSR count). The maximum Gasteiger partial charge on any atom is 0.122 e. The molecule has 118 valence electrons. The minimum Gasteiger partial charge on any atom is -0.497 e. The molecular weight excluding hydrogens is 270 g/mol. The summed E-state index contributed by atoms with van der Waals surface area (Å²) in [5.41, 5.74) is 7.12. The van der Waals surface area contributed by atoms with Gasteiger partial charge in [0.15, 0.2) is 0 Å². The molecule has 1 atom stereocenters. The highest BCUT2D eigenvalue weighted by Crippen LogP contribution is 2.38. The highest BCUT2D eigenvalue weighted by atomic mass is 16.5. The maximum absolute atomic E-state index is 6.55. The normalized spacial score (nSPS) is 19.0. The monoisotopic (exact) mass is 295 g/mol. The van der Waals surface area contributed by atoms with Crippen molar-refractivity contribution in [2.75, 3.05) is 34.0 Å². The Morgan fingerprint density at radius 3 is 2.19 bits per heavy atom. The van der Waals surface area contributed by atoms with Gasteiger partial charge in [0.2, 0.25) is 0 Å². The van der Waals surface area contributed by atoms with Crippen LogP contribution < -0.4 is 15.2 Å². The molecule has 5 nitrogen and oxygen atoms in total. The first-order valence-corrected chi connectivity index (χ1v) is 7.35. The van der Waals surface area contributed by atoms with Crippen molar-refractivity contribution in [3.8, 4) is 11.5 Å². The Kier molecular flexibility index (Phi) is 5.45. The fraction of sp³-hybridized carbons (Fsp3) is 0.625. The molecule has 1 aromatic rings. The van der Waals surface area contributed by atoms with Crippen molar-refractivity contribution in [2.45, 2.75) is 31.4 Å². The number of rotatable bonds is 6. The minimum atomic E-state index is -0.385. The summed E-state index contributed by atoms with van der Waals surface area (Å²) in [6, 6.07) is 5.49. The van der Waals surface area contributed by atoms with E-state index < -0.39 is 0 Å². The largest absolute Gasteiger partial charge is 0.497 e. The molecule has 0 aliphatic carbocycles. The molecule has 0 amide bonds. The van der Waals surface area contributed by atoms with Crippen LogP contribution >= 0.6 is 0 Å². The summed E-state index contributed by atoms with van der Waals surface area (Å²) >= 11 is 0. The van der Waals surface area contributed by atoms with Crippen LogP contribution in [0, 0.1) is 0 Å². The Bertz CT molecular complexity index is 430. The first kappa shape index (κ1) is 16.1. The standard InChI is InChI=1S/C16H25NO4/c1-4-21-16(5-7-20-8-6-16)15(17)12-9-13(18-2)11-14(10-12)19-3/h9-11,15H,4-8,17H2,1-3H3. The van der Waals surface area contributed by atoms with Gasteiger partial charge >= 0.3 is 0 Å². The first-order chi connectivity index (χ1) is 10.1. The summed E-state index contributed by atoms with van der Waals surface area (Å²) in [4.78, 5) is 0. The van der Waals surface area contributed by atoms with Crippen LogP contribution in [0.15, 0.2) is 18.2 Å². The summed E-state index contributed by atoms with van der Waals surface area (Å²) in [5, 5.41) is 0. The van der Waals surface area contributed by atoms with E-state index in [2.05, 4.69) is 0 Å². The third kappa shape index (κ3) is 3.48. The number of benzene rings is 1. The van der Waals surface area contributed by atoms with E-state index in [9.17, 15) is 0 Å². The average molecular weight is 295 g/mol. The van der Waals surface area contributed by atoms with Gasteiger partial charge in [0, 0.05) is 38.7 Å². The molecule has 2 N–H and O–H groups in total. The van der Waals surface area contributed by atoms with E-state index >= 15 is 0 Å². The molecule has 0 saturated carbocycles. The van der Waals surface area contributed by atoms with Gasteiger partial charge in [-0.3, -0.25) is 0 Å². The molecule has 1 aliphatic heterocycles. The molecule has 1 fully saturated rings. The van der Waals surface area contributed by atoms with Crippen molar-refractivity contribution in [1.29, 1.82) is 0 Å². The quantitative estimate of drug-likeness (QED) is 0.872. The van der Waals surface area contributed by atoms with Crippen molar-refractivity contribution in [3.05, 3.63) is 23.8 Å². The van der Waals surface area contributed by atoms with Gasteiger partial charge in [-0.1, -0.05) is 0 Å². The van der Waals surface area contributed by atoms with E-state index in [1.165, 1.54) is 0 Å². The van der Waals surface area contributed by atoms with Gasteiger partial charge in [-0.2, -0.15) is 0 Å². The van der Waals surface area contributed by atoms with Gasteiger partial charge < -0.3 is 24.7 Å². The fourth-order valence-electron chi connectivity index (χ4n) is 2.86. The minimum absolute atomic E-state index is 0.245. The van der Waals surface area contributed by atoms with E-state index in [-0.39, 0.29) is 11.6 Å². The number of methoxy groups -OCH3 is 2. The van der Waals surface area contributed by atoms with Crippen LogP contribution in [0.5, 0.6) is 11.5 Å². The number of ether oxygens (including phenoxy) is 4. The summed E-state index contributed by atoms with van der Waals surface area (Å²) < 4.78 is 22.2. The van der Waals surface area contributed by atoms with Gasteiger partial charge in [0.05, 0.1) is 25.9 Å². The summed E-state index contributed by atoms with van der Waals surface area (Å²) in [7, 11) is 3.27. The third-order valence-electron chi connectivity index (χ3n) is 4.07. The predicted molar refractivity (Wildman–Crippen MR) is 80.9 cm³/mol. The second-order valence-electron chi connectivity index (χ2n) is 5.23. The van der Waals surface area contributed by atoms with E-state index in [4.69, 9.17) is 24.7 Å². The molecule has 1 saturated heterocycles. The molecule has 0 bridgehead atoms. The average Bonchev–Trinajstić information content (AvgIpc) is 2.54. The van der Waals surface area contributed by atoms with Crippen LogP contribution in [-0.4, -0.2) is 39.6 Å². The van der Waals surface area contributed by atoms with Crippen LogP contribution in [-0.2, 0) is 9.47 Å². The van der Waals surface area contributed by atoms with Crippen molar-refractivity contribution in [1.82, 2.24) is 0 Å². The topological polar surface area (TPSA) is 62.9 Å². The summed E-state index contributed by atoms with van der Waals surface area (Å²) in [5.74, 6) is 1.47. The Labute approximate surface area is 126 Å². The van der Waals surface area contributed by atoms with Gasteiger partial charge in [-0.05, 0) is 24.6 Å². The summed E-state index contributed by atoms with van der Waals surface area (Å²) in [6.45, 7) is 3.98. The molecular formula is C16H25NO4. The van der Waals surface area contributed by atoms with Crippen LogP contribution in [0.25, 0.3) is 0 Å². The molecule has 0 spiro atoms. The lowest BCUT2D eigenvalue weighted by Crippen LogP contribution is -2.48. The van der Waals surface area contributed by atoms with Crippen molar-refractivity contribution >= 4 is 0 Å². The highest BCUT2D eigenvalue weighted by Gasteiger charge is 2.40. The lowest BCUT2D eigenvalue weighted by molar-refractivity contribution is -0.121. The lowest BCUT2D eigenvalue weighted by atomic mass is 9.82. The molecule has 0 aromatic heterocycles. The van der Waals surface area contributed by atoms with Crippen LogP contribution in [0.3, 0.4) is 0 Å². The zero-order valence-electron chi connectivity index (χ0n) is 13.1. The van der Waals surface area contributed by atoms with Gasteiger partial charge in [-0.15, -0.1) is 0 Å². The van der Waals surface area contributed by atoms with Crippen LogP contribution in [0.1, 0.15) is 31.4 Å². The van der Waals surface area contributed by atoms with E-state index in [0.29, 0.717) is 19.8 Å².